The maximum absolute atomic E-state index is 11.6. The summed E-state index contributed by atoms with van der Waals surface area (Å²) in [5, 5.41) is 3.44. The lowest BCUT2D eigenvalue weighted by atomic mass is 10.2. The van der Waals surface area contributed by atoms with E-state index in [0.717, 1.165) is 5.56 Å². The first-order valence-corrected chi connectivity index (χ1v) is 6.12. The van der Waals surface area contributed by atoms with Gasteiger partial charge >= 0.3 is 0 Å². The lowest BCUT2D eigenvalue weighted by molar-refractivity contribution is -0.111. The fourth-order valence-electron chi connectivity index (χ4n) is 1.30. The summed E-state index contributed by atoms with van der Waals surface area (Å²) in [5.41, 5.74) is 0.776. The molecular formula is C13H9Cl2N3O. The Morgan fingerprint density at radius 3 is 2.58 bits per heavy atom. The second-order valence-electron chi connectivity index (χ2n) is 3.57. The van der Waals surface area contributed by atoms with Crippen LogP contribution in [0.15, 0.2) is 42.7 Å². The predicted molar refractivity (Wildman–Crippen MR) is 76.2 cm³/mol. The van der Waals surface area contributed by atoms with E-state index in [9.17, 15) is 4.79 Å². The third-order valence-corrected chi connectivity index (χ3v) is 2.91. The molecule has 0 atom stereocenters. The van der Waals surface area contributed by atoms with Crippen molar-refractivity contribution in [3.63, 3.8) is 0 Å². The normalized spacial score (nSPS) is 10.6. The summed E-state index contributed by atoms with van der Waals surface area (Å²) in [6.07, 6.45) is 6.09. The van der Waals surface area contributed by atoms with Crippen LogP contribution in [0.2, 0.25) is 10.0 Å². The highest BCUT2D eigenvalue weighted by atomic mass is 35.5. The molecule has 6 heteroatoms. The van der Waals surface area contributed by atoms with Gasteiger partial charge in [0, 0.05) is 18.5 Å². The van der Waals surface area contributed by atoms with E-state index in [1.165, 1.54) is 6.08 Å². The van der Waals surface area contributed by atoms with Gasteiger partial charge in [-0.1, -0.05) is 29.3 Å². The van der Waals surface area contributed by atoms with Crippen molar-refractivity contribution in [2.75, 3.05) is 5.32 Å². The lowest BCUT2D eigenvalue weighted by Crippen LogP contribution is -2.10. The molecule has 1 heterocycles. The zero-order chi connectivity index (χ0) is 13.7. The Bertz CT molecular complexity index is 615. The van der Waals surface area contributed by atoms with Crippen molar-refractivity contribution < 1.29 is 4.79 Å². The first-order valence-electron chi connectivity index (χ1n) is 5.36. The summed E-state index contributed by atoms with van der Waals surface area (Å²) >= 11 is 11.7. The zero-order valence-corrected chi connectivity index (χ0v) is 11.2. The van der Waals surface area contributed by atoms with Crippen molar-refractivity contribution in [3.05, 3.63) is 58.3 Å². The summed E-state index contributed by atoms with van der Waals surface area (Å²) in [6, 6.07) is 6.77. The number of carbonyl (C=O) groups excluding carboxylic acids is 1. The van der Waals surface area contributed by atoms with Gasteiger partial charge in [0.2, 0.25) is 5.95 Å². The fourth-order valence-corrected chi connectivity index (χ4v) is 1.61. The summed E-state index contributed by atoms with van der Waals surface area (Å²) in [6.45, 7) is 0. The summed E-state index contributed by atoms with van der Waals surface area (Å²) in [5.74, 6) is -0.0661. The molecule has 0 aliphatic heterocycles. The minimum Gasteiger partial charge on any atom is -0.291 e. The molecule has 0 aliphatic carbocycles. The maximum Gasteiger partial charge on any atom is 0.250 e. The molecule has 1 aromatic carbocycles. The van der Waals surface area contributed by atoms with E-state index in [2.05, 4.69) is 15.3 Å². The van der Waals surface area contributed by atoms with Crippen molar-refractivity contribution in [1.29, 1.82) is 0 Å². The third-order valence-electron chi connectivity index (χ3n) is 2.17. The highest BCUT2D eigenvalue weighted by Crippen LogP contribution is 2.23. The third kappa shape index (κ3) is 4.05. The van der Waals surface area contributed by atoms with Gasteiger partial charge in [0.25, 0.3) is 5.91 Å². The number of aromatic nitrogens is 2. The molecule has 1 N–H and O–H groups in total. The summed E-state index contributed by atoms with van der Waals surface area (Å²) in [7, 11) is 0. The van der Waals surface area contributed by atoms with E-state index in [1.54, 1.807) is 42.7 Å². The number of benzene rings is 1. The van der Waals surface area contributed by atoms with Gasteiger partial charge in [0.15, 0.2) is 0 Å². The van der Waals surface area contributed by atoms with Crippen molar-refractivity contribution in [2.24, 2.45) is 0 Å². The van der Waals surface area contributed by atoms with Crippen molar-refractivity contribution in [1.82, 2.24) is 9.97 Å². The average Bonchev–Trinajstić information content (AvgIpc) is 2.41. The highest BCUT2D eigenvalue weighted by molar-refractivity contribution is 6.42. The van der Waals surface area contributed by atoms with E-state index in [4.69, 9.17) is 23.2 Å². The molecule has 2 rings (SSSR count). The van der Waals surface area contributed by atoms with Gasteiger partial charge in [-0.3, -0.25) is 10.1 Å². The molecule has 0 saturated heterocycles. The Labute approximate surface area is 120 Å². The molecule has 4 nitrogen and oxygen atoms in total. The molecular weight excluding hydrogens is 285 g/mol. The lowest BCUT2D eigenvalue weighted by Gasteiger charge is -1.99. The number of rotatable bonds is 3. The van der Waals surface area contributed by atoms with Gasteiger partial charge in [0.1, 0.15) is 0 Å². The van der Waals surface area contributed by atoms with Crippen molar-refractivity contribution in [3.8, 4) is 0 Å². The largest absolute Gasteiger partial charge is 0.291 e. The molecule has 0 radical (unpaired) electrons. The second-order valence-corrected chi connectivity index (χ2v) is 4.38. The van der Waals surface area contributed by atoms with Crippen LogP contribution in [0.1, 0.15) is 5.56 Å². The number of amides is 1. The van der Waals surface area contributed by atoms with Gasteiger partial charge < -0.3 is 0 Å². The van der Waals surface area contributed by atoms with Crippen LogP contribution in [0, 0.1) is 0 Å². The van der Waals surface area contributed by atoms with Gasteiger partial charge in [-0.25, -0.2) is 9.97 Å². The van der Waals surface area contributed by atoms with Crippen molar-refractivity contribution in [2.45, 2.75) is 0 Å². The molecule has 0 bridgehead atoms. The summed E-state index contributed by atoms with van der Waals surface area (Å²) < 4.78 is 0. The standard InChI is InChI=1S/C13H9Cl2N3O/c14-10-4-2-9(8-11(10)15)3-5-12(19)18-13-16-6-1-7-17-13/h1-8H,(H,16,17,18,19)/b5-3+. The number of nitrogens with zero attached hydrogens (tertiary/aromatic N) is 2. The first kappa shape index (κ1) is 13.5. The van der Waals surface area contributed by atoms with Crippen LogP contribution in [-0.2, 0) is 4.79 Å². The Morgan fingerprint density at radius 2 is 1.89 bits per heavy atom. The van der Waals surface area contributed by atoms with Gasteiger partial charge in [-0.2, -0.15) is 0 Å². The Kier molecular flexibility index (Phi) is 4.49. The quantitative estimate of drug-likeness (QED) is 0.882. The Balaban J connectivity index is 2.02. The Hall–Kier alpha value is -1.91. The van der Waals surface area contributed by atoms with Crippen LogP contribution < -0.4 is 5.32 Å². The van der Waals surface area contributed by atoms with Crippen molar-refractivity contribution >= 4 is 41.1 Å². The van der Waals surface area contributed by atoms with Gasteiger partial charge in [-0.05, 0) is 29.8 Å². The molecule has 2 aromatic rings. The van der Waals surface area contributed by atoms with Crippen LogP contribution >= 0.6 is 23.2 Å². The van der Waals surface area contributed by atoms with E-state index in [0.29, 0.717) is 10.0 Å². The molecule has 0 aliphatic rings. The first-order chi connectivity index (χ1) is 9.15. The number of hydrogen-bond acceptors (Lipinski definition) is 3. The topological polar surface area (TPSA) is 54.9 Å². The van der Waals surface area contributed by atoms with E-state index < -0.39 is 0 Å². The maximum atomic E-state index is 11.6. The molecule has 1 aromatic heterocycles. The second kappa shape index (κ2) is 6.31. The van der Waals surface area contributed by atoms with Crippen LogP contribution in [0.25, 0.3) is 6.08 Å². The van der Waals surface area contributed by atoms with Gasteiger partial charge in [0.05, 0.1) is 10.0 Å². The smallest absolute Gasteiger partial charge is 0.250 e. The number of carbonyl (C=O) groups is 1. The van der Waals surface area contributed by atoms with E-state index in [-0.39, 0.29) is 11.9 Å². The molecule has 0 spiro atoms. The monoisotopic (exact) mass is 293 g/mol. The van der Waals surface area contributed by atoms with Crippen LogP contribution in [-0.4, -0.2) is 15.9 Å². The number of anilines is 1. The average molecular weight is 294 g/mol. The minimum absolute atomic E-state index is 0.256. The zero-order valence-electron chi connectivity index (χ0n) is 9.68. The Morgan fingerprint density at radius 1 is 1.16 bits per heavy atom. The van der Waals surface area contributed by atoms with Crippen LogP contribution in [0.4, 0.5) is 5.95 Å². The van der Waals surface area contributed by atoms with E-state index >= 15 is 0 Å². The molecule has 19 heavy (non-hydrogen) atoms. The molecule has 1 amide bonds. The van der Waals surface area contributed by atoms with Crippen LogP contribution in [0.3, 0.4) is 0 Å². The number of nitrogens with one attached hydrogen (secondary N) is 1. The molecule has 0 saturated carbocycles. The number of hydrogen-bond donors (Lipinski definition) is 1. The minimum atomic E-state index is -0.322. The molecule has 0 fully saturated rings. The van der Waals surface area contributed by atoms with Gasteiger partial charge in [-0.15, -0.1) is 0 Å². The summed E-state index contributed by atoms with van der Waals surface area (Å²) in [4.78, 5) is 19.4. The molecule has 96 valence electrons. The van der Waals surface area contributed by atoms with E-state index in [1.807, 2.05) is 0 Å². The molecule has 0 unspecified atom stereocenters. The SMILES string of the molecule is O=C(/C=C/c1ccc(Cl)c(Cl)c1)Nc1ncccn1. The predicted octanol–water partition coefficient (Wildman–Crippen LogP) is 3.44. The van der Waals surface area contributed by atoms with Crippen LogP contribution in [0.5, 0.6) is 0 Å². The fraction of sp³-hybridized carbons (Fsp3) is 0. The number of halogens is 2. The highest BCUT2D eigenvalue weighted by Gasteiger charge is 2.00.